The molecule has 0 saturated heterocycles. The molecule has 0 aliphatic rings. The third-order valence-electron chi connectivity index (χ3n) is 2.98. The maximum Gasteiger partial charge on any atom is 0.417 e. The van der Waals surface area contributed by atoms with Crippen molar-refractivity contribution in [2.45, 2.75) is 51.2 Å². The molecule has 0 fully saturated rings. The van der Waals surface area contributed by atoms with Gasteiger partial charge in [0.1, 0.15) is 16.9 Å². The van der Waals surface area contributed by atoms with Crippen molar-refractivity contribution in [2.75, 3.05) is 6.54 Å². The van der Waals surface area contributed by atoms with Gasteiger partial charge in [0.15, 0.2) is 0 Å². The molecule has 0 aliphatic heterocycles. The Morgan fingerprint density at radius 3 is 2.48 bits per heavy atom. The molecule has 0 spiro atoms. The van der Waals surface area contributed by atoms with Crippen molar-refractivity contribution < 1.29 is 32.9 Å². The molecule has 142 valence electrons. The van der Waals surface area contributed by atoms with Crippen molar-refractivity contribution in [3.05, 3.63) is 28.5 Å². The molecular formula is C15H20ClF3N2O4. The Labute approximate surface area is 148 Å². The number of alkyl carbamates (subject to hydrolysis) is 1. The van der Waals surface area contributed by atoms with Crippen LogP contribution in [0.4, 0.5) is 18.0 Å². The molecule has 2 atom stereocenters. The van der Waals surface area contributed by atoms with Crippen LogP contribution >= 0.6 is 11.6 Å². The lowest BCUT2D eigenvalue weighted by molar-refractivity contribution is -0.138. The second kappa shape index (κ2) is 8.20. The van der Waals surface area contributed by atoms with Crippen molar-refractivity contribution in [3.8, 4) is 0 Å². The zero-order valence-electron chi connectivity index (χ0n) is 13.9. The minimum atomic E-state index is -4.66. The molecule has 1 amide bonds. The standard InChI is InChI=1S/C15H20ClF3N2O4/c1-14(2,3)25-13(24)20-5-4-10(22)11(23)9-6-8(15(17,18)19)7-21-12(9)16/h6-7,10-11,22-23H,4-5H2,1-3H3,(H,20,24). The highest BCUT2D eigenvalue weighted by Gasteiger charge is 2.33. The van der Waals surface area contributed by atoms with E-state index in [1.54, 1.807) is 20.8 Å². The summed E-state index contributed by atoms with van der Waals surface area (Å²) in [6.45, 7) is 4.96. The highest BCUT2D eigenvalue weighted by Crippen LogP contribution is 2.33. The zero-order chi connectivity index (χ0) is 19.4. The fourth-order valence-electron chi connectivity index (χ4n) is 1.83. The van der Waals surface area contributed by atoms with Crippen LogP contribution in [0, 0.1) is 0 Å². The first-order valence-corrected chi connectivity index (χ1v) is 7.74. The first-order valence-electron chi connectivity index (χ1n) is 7.37. The van der Waals surface area contributed by atoms with Crippen molar-refractivity contribution in [1.82, 2.24) is 10.3 Å². The number of hydrogen-bond acceptors (Lipinski definition) is 5. The summed E-state index contributed by atoms with van der Waals surface area (Å²) in [6.07, 6.45) is -8.12. The van der Waals surface area contributed by atoms with E-state index in [0.29, 0.717) is 12.3 Å². The molecule has 0 aliphatic carbocycles. The third-order valence-corrected chi connectivity index (χ3v) is 3.30. The number of ether oxygens (including phenoxy) is 1. The van der Waals surface area contributed by atoms with Gasteiger partial charge in [-0.05, 0) is 33.3 Å². The molecule has 0 radical (unpaired) electrons. The van der Waals surface area contributed by atoms with Gasteiger partial charge in [-0.1, -0.05) is 11.6 Å². The molecule has 0 aromatic carbocycles. The Morgan fingerprint density at radius 1 is 1.36 bits per heavy atom. The van der Waals surface area contributed by atoms with Crippen LogP contribution in [0.2, 0.25) is 5.15 Å². The van der Waals surface area contributed by atoms with E-state index >= 15 is 0 Å². The van der Waals surface area contributed by atoms with E-state index in [0.717, 1.165) is 0 Å². The van der Waals surface area contributed by atoms with Crippen molar-refractivity contribution in [3.63, 3.8) is 0 Å². The number of rotatable bonds is 5. The number of amides is 1. The van der Waals surface area contributed by atoms with Crippen LogP contribution in [0.15, 0.2) is 12.3 Å². The fourth-order valence-corrected chi connectivity index (χ4v) is 2.04. The van der Waals surface area contributed by atoms with Crippen LogP contribution < -0.4 is 5.32 Å². The summed E-state index contributed by atoms with van der Waals surface area (Å²) in [6, 6.07) is 0.629. The van der Waals surface area contributed by atoms with Gasteiger partial charge in [0.2, 0.25) is 0 Å². The maximum atomic E-state index is 12.7. The lowest BCUT2D eigenvalue weighted by atomic mass is 10.0. The number of hydrogen-bond donors (Lipinski definition) is 3. The Balaban J connectivity index is 2.68. The summed E-state index contributed by atoms with van der Waals surface area (Å²) in [5, 5.41) is 22.0. The number of halogens is 4. The quantitative estimate of drug-likeness (QED) is 0.679. The molecule has 0 saturated carbocycles. The van der Waals surface area contributed by atoms with Crippen LogP contribution in [0.1, 0.15) is 44.4 Å². The average molecular weight is 385 g/mol. The summed E-state index contributed by atoms with van der Waals surface area (Å²) in [5.41, 5.74) is -2.13. The number of carbonyl (C=O) groups excluding carboxylic acids is 1. The number of aliphatic hydroxyl groups is 2. The highest BCUT2D eigenvalue weighted by molar-refractivity contribution is 6.30. The van der Waals surface area contributed by atoms with Crippen LogP contribution in [0.3, 0.4) is 0 Å². The predicted molar refractivity (Wildman–Crippen MR) is 84.1 cm³/mol. The smallest absolute Gasteiger partial charge is 0.417 e. The van der Waals surface area contributed by atoms with Gasteiger partial charge in [0.05, 0.1) is 11.7 Å². The largest absolute Gasteiger partial charge is 0.444 e. The number of nitrogens with zero attached hydrogens (tertiary/aromatic N) is 1. The van der Waals surface area contributed by atoms with Gasteiger partial charge in [-0.3, -0.25) is 0 Å². The Kier molecular flexibility index (Phi) is 7.04. The zero-order valence-corrected chi connectivity index (χ0v) is 14.6. The number of nitrogens with one attached hydrogen (secondary N) is 1. The SMILES string of the molecule is CC(C)(C)OC(=O)NCCC(O)C(O)c1cc(C(F)(F)F)cnc1Cl. The van der Waals surface area contributed by atoms with Crippen LogP contribution in [0.5, 0.6) is 0 Å². The molecule has 6 nitrogen and oxygen atoms in total. The van der Waals surface area contributed by atoms with E-state index in [1.807, 2.05) is 0 Å². The van der Waals surface area contributed by atoms with E-state index < -0.39 is 35.6 Å². The normalized spacial score (nSPS) is 14.8. The van der Waals surface area contributed by atoms with E-state index in [-0.39, 0.29) is 23.7 Å². The van der Waals surface area contributed by atoms with Gasteiger partial charge in [0, 0.05) is 18.3 Å². The molecule has 1 aromatic heterocycles. The fraction of sp³-hybridized carbons (Fsp3) is 0.600. The van der Waals surface area contributed by atoms with Crippen molar-refractivity contribution in [1.29, 1.82) is 0 Å². The number of aliphatic hydroxyl groups excluding tert-OH is 2. The van der Waals surface area contributed by atoms with Crippen LogP contribution in [-0.2, 0) is 10.9 Å². The number of aromatic nitrogens is 1. The van der Waals surface area contributed by atoms with E-state index in [4.69, 9.17) is 16.3 Å². The molecule has 1 aromatic rings. The van der Waals surface area contributed by atoms with Crippen molar-refractivity contribution >= 4 is 17.7 Å². The molecule has 2 unspecified atom stereocenters. The van der Waals surface area contributed by atoms with E-state index in [2.05, 4.69) is 10.3 Å². The lowest BCUT2D eigenvalue weighted by Crippen LogP contribution is -2.34. The molecular weight excluding hydrogens is 365 g/mol. The highest BCUT2D eigenvalue weighted by atomic mass is 35.5. The van der Waals surface area contributed by atoms with Gasteiger partial charge < -0.3 is 20.3 Å². The monoisotopic (exact) mass is 384 g/mol. The Hall–Kier alpha value is -1.58. The summed E-state index contributed by atoms with van der Waals surface area (Å²) < 4.78 is 43.1. The van der Waals surface area contributed by atoms with E-state index in [1.165, 1.54) is 0 Å². The van der Waals surface area contributed by atoms with Crippen LogP contribution in [0.25, 0.3) is 0 Å². The maximum absolute atomic E-state index is 12.7. The Morgan fingerprint density at radius 2 is 1.96 bits per heavy atom. The van der Waals surface area contributed by atoms with Gasteiger partial charge in [-0.2, -0.15) is 13.2 Å². The number of alkyl halides is 3. The molecule has 25 heavy (non-hydrogen) atoms. The second-order valence-corrected chi connectivity index (χ2v) is 6.69. The lowest BCUT2D eigenvalue weighted by Gasteiger charge is -2.22. The van der Waals surface area contributed by atoms with E-state index in [9.17, 15) is 28.2 Å². The topological polar surface area (TPSA) is 91.7 Å². The van der Waals surface area contributed by atoms with Gasteiger partial charge >= 0.3 is 12.3 Å². The minimum Gasteiger partial charge on any atom is -0.444 e. The molecule has 1 rings (SSSR count). The molecule has 3 N–H and O–H groups in total. The minimum absolute atomic E-state index is 0.0584. The average Bonchev–Trinajstić information content (AvgIpc) is 2.43. The van der Waals surface area contributed by atoms with Gasteiger partial charge in [-0.25, -0.2) is 9.78 Å². The number of carbonyl (C=O) groups is 1. The second-order valence-electron chi connectivity index (χ2n) is 6.33. The first-order chi connectivity index (χ1) is 11.3. The predicted octanol–water partition coefficient (Wildman–Crippen LogP) is 3.06. The van der Waals surface area contributed by atoms with Gasteiger partial charge in [0.25, 0.3) is 0 Å². The number of pyridine rings is 1. The third kappa shape index (κ3) is 7.05. The summed E-state index contributed by atoms with van der Waals surface area (Å²) in [5.74, 6) is 0. The summed E-state index contributed by atoms with van der Waals surface area (Å²) in [4.78, 5) is 14.8. The van der Waals surface area contributed by atoms with Crippen LogP contribution in [-0.4, -0.2) is 39.5 Å². The molecule has 10 heteroatoms. The molecule has 0 bridgehead atoms. The Bertz CT molecular complexity index is 605. The van der Waals surface area contributed by atoms with Crippen molar-refractivity contribution in [2.24, 2.45) is 0 Å². The molecule has 1 heterocycles. The summed E-state index contributed by atoms with van der Waals surface area (Å²) >= 11 is 5.70. The summed E-state index contributed by atoms with van der Waals surface area (Å²) in [7, 11) is 0. The first kappa shape index (κ1) is 21.5. The van der Waals surface area contributed by atoms with Gasteiger partial charge in [-0.15, -0.1) is 0 Å².